The van der Waals surface area contributed by atoms with E-state index in [4.69, 9.17) is 13.1 Å². The highest BCUT2D eigenvalue weighted by Gasteiger charge is 2.60. The highest BCUT2D eigenvalue weighted by atomic mass is 32.2. The van der Waals surface area contributed by atoms with E-state index in [0.29, 0.717) is 30.9 Å². The van der Waals surface area contributed by atoms with E-state index < -0.39 is 11.4 Å². The first-order chi connectivity index (χ1) is 13.8. The zero-order chi connectivity index (χ0) is 20.8. The molecule has 4 aliphatic rings. The molecule has 0 bridgehead atoms. The average molecular weight is 424 g/mol. The predicted octanol–water partition coefficient (Wildman–Crippen LogP) is 2.36. The number of carbonyl (C=O) groups is 2. The van der Waals surface area contributed by atoms with Gasteiger partial charge in [-0.15, -0.1) is 0 Å². The van der Waals surface area contributed by atoms with E-state index in [-0.39, 0.29) is 41.5 Å². The van der Waals surface area contributed by atoms with Gasteiger partial charge in [-0.2, -0.15) is 4.21 Å². The maximum atomic E-state index is 12.1. The van der Waals surface area contributed by atoms with E-state index in [9.17, 15) is 13.8 Å². The summed E-state index contributed by atoms with van der Waals surface area (Å²) in [6.45, 7) is 9.48. The van der Waals surface area contributed by atoms with Crippen molar-refractivity contribution in [1.29, 1.82) is 0 Å². The van der Waals surface area contributed by atoms with Gasteiger partial charge in [-0.05, 0) is 49.4 Å². The second-order valence-corrected chi connectivity index (χ2v) is 10.1. The number of nitrogens with one attached hydrogen (secondary N) is 1. The Morgan fingerprint density at radius 1 is 1.31 bits per heavy atom. The number of esters is 1. The minimum atomic E-state index is -1.66. The molecule has 4 fully saturated rings. The first-order valence-electron chi connectivity index (χ1n) is 10.3. The van der Waals surface area contributed by atoms with Crippen LogP contribution < -0.4 is 5.32 Å². The van der Waals surface area contributed by atoms with Crippen LogP contribution in [0.2, 0.25) is 0 Å². The molecule has 7 atom stereocenters. The van der Waals surface area contributed by atoms with Crippen LogP contribution in [-0.4, -0.2) is 41.9 Å². The molecule has 0 aromatic carbocycles. The van der Waals surface area contributed by atoms with Crippen LogP contribution in [0.5, 0.6) is 0 Å². The maximum Gasteiger partial charge on any atom is 0.336 e. The summed E-state index contributed by atoms with van der Waals surface area (Å²) in [5, 5.41) is 2.66. The van der Waals surface area contributed by atoms with Crippen LogP contribution in [0.25, 0.3) is 0 Å². The van der Waals surface area contributed by atoms with Gasteiger partial charge in [0.15, 0.2) is 0 Å². The fourth-order valence-electron chi connectivity index (χ4n) is 6.22. The van der Waals surface area contributed by atoms with Crippen LogP contribution in [0.1, 0.15) is 46.0 Å². The van der Waals surface area contributed by atoms with Crippen LogP contribution in [-0.2, 0) is 34.1 Å². The molecule has 2 aliphatic heterocycles. The summed E-state index contributed by atoms with van der Waals surface area (Å²) in [7, 11) is 0. The molecule has 8 heteroatoms. The van der Waals surface area contributed by atoms with Gasteiger partial charge < -0.3 is 10.1 Å². The van der Waals surface area contributed by atoms with Crippen molar-refractivity contribution in [2.75, 3.05) is 13.2 Å². The molecule has 2 saturated heterocycles. The van der Waals surface area contributed by atoms with E-state index in [0.717, 1.165) is 25.7 Å². The molecule has 29 heavy (non-hydrogen) atoms. The van der Waals surface area contributed by atoms with E-state index in [1.165, 1.54) is 5.57 Å². The van der Waals surface area contributed by atoms with Gasteiger partial charge in [-0.3, -0.25) is 13.2 Å². The average Bonchev–Trinajstić information content (AvgIpc) is 3.02. The van der Waals surface area contributed by atoms with Gasteiger partial charge in [-0.1, -0.05) is 32.1 Å². The molecule has 2 saturated carbocycles. The van der Waals surface area contributed by atoms with Gasteiger partial charge in [0.2, 0.25) is 6.41 Å². The molecular formula is C21H29NO6S. The second-order valence-electron chi connectivity index (χ2n) is 9.23. The number of fused-ring (bicyclic) bond motifs is 3. The van der Waals surface area contributed by atoms with Gasteiger partial charge in [0.05, 0.1) is 24.3 Å². The van der Waals surface area contributed by atoms with Gasteiger partial charge in [0.25, 0.3) is 0 Å². The van der Waals surface area contributed by atoms with Crippen LogP contribution in [0, 0.1) is 22.7 Å². The lowest BCUT2D eigenvalue weighted by Gasteiger charge is -2.61. The van der Waals surface area contributed by atoms with Gasteiger partial charge >= 0.3 is 17.3 Å². The van der Waals surface area contributed by atoms with Crippen molar-refractivity contribution < 1.29 is 26.9 Å². The number of amides is 1. The Kier molecular flexibility index (Phi) is 5.46. The van der Waals surface area contributed by atoms with Crippen molar-refractivity contribution in [3.63, 3.8) is 0 Å². The summed E-state index contributed by atoms with van der Waals surface area (Å²) < 4.78 is 27.9. The molecule has 1 N–H and O–H groups in total. The number of ether oxygens (including phenoxy) is 1. The topological polar surface area (TPSA) is 90.9 Å². The highest BCUT2D eigenvalue weighted by Crippen LogP contribution is 2.63. The lowest BCUT2D eigenvalue weighted by molar-refractivity contribution is -0.154. The monoisotopic (exact) mass is 423 g/mol. The standard InChI is InChI=1S/C21H29NO6S/c1-13-4-7-17-20(2,9-8-18-21(17,3)11-27-29(25)28-18)15(13)6-5-14-16(22-12-23)10-26-19(14)24/h5,12,15-18H,1,4,6-11H2,2-3H3,(H,22,23)/b14-5-/t15-,16-,17+,18-,20+,21+,29?/m1/s1. The Hall–Kier alpha value is -1.51. The van der Waals surface area contributed by atoms with Crippen molar-refractivity contribution in [1.82, 2.24) is 5.32 Å². The summed E-state index contributed by atoms with van der Waals surface area (Å²) in [6.07, 6.45) is 6.85. The van der Waals surface area contributed by atoms with Crippen LogP contribution >= 0.6 is 0 Å². The van der Waals surface area contributed by atoms with Crippen molar-refractivity contribution >= 4 is 23.7 Å². The van der Waals surface area contributed by atoms with Crippen molar-refractivity contribution in [2.45, 2.75) is 58.1 Å². The zero-order valence-corrected chi connectivity index (χ0v) is 17.8. The number of carbonyl (C=O) groups excluding carboxylic acids is 2. The predicted molar refractivity (Wildman–Crippen MR) is 106 cm³/mol. The Morgan fingerprint density at radius 3 is 2.86 bits per heavy atom. The summed E-state index contributed by atoms with van der Waals surface area (Å²) in [5.74, 6) is 0.198. The van der Waals surface area contributed by atoms with Crippen LogP contribution in [0.4, 0.5) is 0 Å². The highest BCUT2D eigenvalue weighted by molar-refractivity contribution is 7.75. The van der Waals surface area contributed by atoms with Gasteiger partial charge in [0, 0.05) is 5.41 Å². The van der Waals surface area contributed by atoms with E-state index in [2.05, 4.69) is 25.7 Å². The largest absolute Gasteiger partial charge is 0.460 e. The third-order valence-corrected chi connectivity index (χ3v) is 8.51. The third kappa shape index (κ3) is 3.39. The molecule has 160 valence electrons. The Morgan fingerprint density at radius 2 is 2.10 bits per heavy atom. The number of cyclic esters (lactones) is 1. The van der Waals surface area contributed by atoms with Crippen molar-refractivity contribution in [3.8, 4) is 0 Å². The minimum absolute atomic E-state index is 0.0146. The molecule has 2 aliphatic carbocycles. The normalized spacial score (nSPS) is 46.0. The zero-order valence-electron chi connectivity index (χ0n) is 17.0. The number of rotatable bonds is 4. The SMILES string of the molecule is C=C1CC[C@@H]2[C@]3(C)COS(=O)O[C@@H]3CC[C@@]2(C)[C@@H]1C/C=C1\C(=O)OC[C@H]1NC=O. The summed E-state index contributed by atoms with van der Waals surface area (Å²) >= 11 is -1.66. The molecule has 4 rings (SSSR count). The maximum absolute atomic E-state index is 12.1. The Balaban J connectivity index is 1.60. The molecule has 0 aromatic rings. The Labute approximate surface area is 174 Å². The quantitative estimate of drug-likeness (QED) is 0.323. The summed E-state index contributed by atoms with van der Waals surface area (Å²) in [4.78, 5) is 23.0. The Bertz CT molecular complexity index is 781. The first-order valence-corrected chi connectivity index (χ1v) is 11.3. The molecule has 0 radical (unpaired) electrons. The second kappa shape index (κ2) is 7.63. The summed E-state index contributed by atoms with van der Waals surface area (Å²) in [5.41, 5.74) is 1.52. The fourth-order valence-corrected chi connectivity index (χ4v) is 7.13. The summed E-state index contributed by atoms with van der Waals surface area (Å²) in [6, 6.07) is -0.385. The first kappa shape index (κ1) is 20.8. The lowest BCUT2D eigenvalue weighted by Crippen LogP contribution is -2.60. The minimum Gasteiger partial charge on any atom is -0.460 e. The third-order valence-electron chi connectivity index (χ3n) is 7.81. The molecule has 1 unspecified atom stereocenters. The van der Waals surface area contributed by atoms with Gasteiger partial charge in [-0.25, -0.2) is 4.79 Å². The number of allylic oxidation sites excluding steroid dienone is 2. The fraction of sp³-hybridized carbons (Fsp3) is 0.714. The van der Waals surface area contributed by atoms with Crippen molar-refractivity contribution in [3.05, 3.63) is 23.8 Å². The van der Waals surface area contributed by atoms with E-state index >= 15 is 0 Å². The molecule has 2 heterocycles. The van der Waals surface area contributed by atoms with E-state index in [1.54, 1.807) is 0 Å². The smallest absolute Gasteiger partial charge is 0.336 e. The molecular weight excluding hydrogens is 394 g/mol. The molecule has 1 amide bonds. The van der Waals surface area contributed by atoms with E-state index in [1.807, 2.05) is 6.08 Å². The molecule has 0 spiro atoms. The molecule has 0 aromatic heterocycles. The molecule has 7 nitrogen and oxygen atoms in total. The van der Waals surface area contributed by atoms with Gasteiger partial charge in [0.1, 0.15) is 6.61 Å². The van der Waals surface area contributed by atoms with Crippen LogP contribution in [0.15, 0.2) is 23.8 Å². The number of hydrogen-bond donors (Lipinski definition) is 1. The lowest BCUT2D eigenvalue weighted by atomic mass is 9.46. The van der Waals surface area contributed by atoms with Crippen molar-refractivity contribution in [2.24, 2.45) is 22.7 Å². The number of hydrogen-bond acceptors (Lipinski definition) is 6. The van der Waals surface area contributed by atoms with Crippen LogP contribution in [0.3, 0.4) is 0 Å².